The number of rotatable bonds is 4. The van der Waals surface area contributed by atoms with E-state index in [1.54, 1.807) is 6.92 Å². The molecule has 36 heavy (non-hydrogen) atoms. The van der Waals surface area contributed by atoms with Crippen molar-refractivity contribution in [3.05, 3.63) is 0 Å². The van der Waals surface area contributed by atoms with E-state index in [1.807, 2.05) is 0 Å². The first-order valence-electron chi connectivity index (χ1n) is 13.6. The van der Waals surface area contributed by atoms with Crippen LogP contribution in [0.3, 0.4) is 0 Å². The van der Waals surface area contributed by atoms with Crippen molar-refractivity contribution in [1.82, 2.24) is 0 Å². The summed E-state index contributed by atoms with van der Waals surface area (Å²) in [6, 6.07) is 0. The van der Waals surface area contributed by atoms with E-state index >= 15 is 0 Å². The summed E-state index contributed by atoms with van der Waals surface area (Å²) in [5.41, 5.74) is 0.362. The molecule has 4 saturated carbocycles. The van der Waals surface area contributed by atoms with Crippen LogP contribution >= 0.6 is 0 Å². The van der Waals surface area contributed by atoms with Crippen LogP contribution in [-0.4, -0.2) is 98.5 Å². The fourth-order valence-electron chi connectivity index (χ4n) is 9.36. The smallest absolute Gasteiger partial charge is 0.335 e. The number of ether oxygens (including phenoxy) is 2. The van der Waals surface area contributed by atoms with E-state index in [2.05, 4.69) is 13.8 Å². The van der Waals surface area contributed by atoms with Crippen LogP contribution in [0.1, 0.15) is 78.6 Å². The minimum atomic E-state index is -1.71. The maximum absolute atomic E-state index is 12.4. The van der Waals surface area contributed by atoms with E-state index in [0.29, 0.717) is 29.5 Å². The topological polar surface area (TPSA) is 134 Å². The van der Waals surface area contributed by atoms with Crippen molar-refractivity contribution in [3.63, 3.8) is 0 Å². The monoisotopic (exact) mass is 517 g/mol. The van der Waals surface area contributed by atoms with Gasteiger partial charge in [0.25, 0.3) is 0 Å². The number of aliphatic hydroxyl groups is 3. The van der Waals surface area contributed by atoms with Gasteiger partial charge in [-0.2, -0.15) is 0 Å². The number of hydrogen-bond acceptors (Lipinski definition) is 7. The molecule has 8 unspecified atom stereocenters. The second-order valence-electron chi connectivity index (χ2n) is 12.7. The van der Waals surface area contributed by atoms with Crippen molar-refractivity contribution in [2.24, 2.45) is 40.4 Å². The van der Waals surface area contributed by atoms with Crippen LogP contribution in [0.5, 0.6) is 0 Å². The predicted octanol–water partition coefficient (Wildman–Crippen LogP) is 2.13. The standard InChI is InChI=1S/C27H42O8.Na/c1-13(28)17-6-7-18-16-5-4-14-12-15(8-10-26(14,2)19(16)9-11-27(17,18)3)34-25-22(31)20(29)21(30)23(35-25)24(32)33;/h14-23,25,29-31H,4-12H2,1-3H3,(H,32,33);/t14?,15-,16?,17?,18?,19?,20+,21+,22-,23?,25-,26?,27?;/m1./s1. The third-order valence-corrected chi connectivity index (χ3v) is 11.2. The SMILES string of the molecule is CC(=O)C1CCC2C3CCC4C[C@H](O[C@@H]5OC(C(=O)O)[C@@H](O)[C@H](O)[C@H]5O)CCC4(C)C3CCC12C.[Na]. The molecule has 8 nitrogen and oxygen atoms in total. The van der Waals surface area contributed by atoms with E-state index in [-0.39, 0.29) is 52.4 Å². The zero-order valence-corrected chi connectivity index (χ0v) is 24.1. The summed E-state index contributed by atoms with van der Waals surface area (Å²) < 4.78 is 11.4. The number of fused-ring (bicyclic) bond motifs is 5. The molecule has 1 aliphatic heterocycles. The average Bonchev–Trinajstić information content (AvgIpc) is 3.17. The Morgan fingerprint density at radius 3 is 2.19 bits per heavy atom. The first kappa shape index (κ1) is 28.9. The molecule has 4 aliphatic carbocycles. The number of aliphatic carboxylic acids is 1. The Morgan fingerprint density at radius 2 is 1.53 bits per heavy atom. The van der Waals surface area contributed by atoms with Crippen LogP contribution in [0.25, 0.3) is 0 Å². The first-order chi connectivity index (χ1) is 16.5. The van der Waals surface area contributed by atoms with E-state index in [4.69, 9.17) is 9.47 Å². The molecule has 5 fully saturated rings. The molecule has 1 heterocycles. The number of carbonyl (C=O) groups excluding carboxylic acids is 1. The third-order valence-electron chi connectivity index (χ3n) is 11.2. The van der Waals surface area contributed by atoms with E-state index in [1.165, 1.54) is 19.3 Å². The quantitative estimate of drug-likeness (QED) is 0.329. The van der Waals surface area contributed by atoms with Gasteiger partial charge in [-0.05, 0) is 99.2 Å². The van der Waals surface area contributed by atoms with Crippen molar-refractivity contribution >= 4 is 41.3 Å². The van der Waals surface area contributed by atoms with E-state index in [9.17, 15) is 30.0 Å². The zero-order valence-electron chi connectivity index (χ0n) is 22.1. The van der Waals surface area contributed by atoms with Gasteiger partial charge in [0.15, 0.2) is 12.4 Å². The van der Waals surface area contributed by atoms with Crippen molar-refractivity contribution in [3.8, 4) is 0 Å². The summed E-state index contributed by atoms with van der Waals surface area (Å²) in [5, 5.41) is 39.7. The summed E-state index contributed by atoms with van der Waals surface area (Å²) in [6.07, 6.45) is 1.46. The molecule has 0 aromatic carbocycles. The van der Waals surface area contributed by atoms with Crippen molar-refractivity contribution < 1.29 is 39.5 Å². The second-order valence-corrected chi connectivity index (χ2v) is 12.7. The van der Waals surface area contributed by atoms with Crippen molar-refractivity contribution in [1.29, 1.82) is 0 Å². The van der Waals surface area contributed by atoms with E-state index in [0.717, 1.165) is 38.5 Å². The Labute approximate surface area is 235 Å². The van der Waals surface area contributed by atoms with Gasteiger partial charge in [-0.15, -0.1) is 0 Å². The van der Waals surface area contributed by atoms with Crippen LogP contribution in [-0.2, 0) is 19.1 Å². The van der Waals surface area contributed by atoms with Crippen LogP contribution in [0.4, 0.5) is 0 Å². The summed E-state index contributed by atoms with van der Waals surface area (Å²) in [7, 11) is 0. The molecular weight excluding hydrogens is 475 g/mol. The zero-order chi connectivity index (χ0) is 25.3. The van der Waals surface area contributed by atoms with Crippen LogP contribution in [0, 0.1) is 40.4 Å². The Kier molecular flexibility index (Phi) is 8.43. The minimum Gasteiger partial charge on any atom is -0.479 e. The number of carbonyl (C=O) groups is 2. The molecule has 0 aromatic heterocycles. The van der Waals surface area contributed by atoms with Gasteiger partial charge in [0, 0.05) is 35.5 Å². The molecule has 4 N–H and O–H groups in total. The number of ketones is 1. The van der Waals surface area contributed by atoms with Gasteiger partial charge in [0.1, 0.15) is 24.1 Å². The molecule has 5 rings (SSSR count). The molecule has 0 aromatic rings. The van der Waals surface area contributed by atoms with E-state index < -0.39 is 36.7 Å². The van der Waals surface area contributed by atoms with Crippen LogP contribution in [0.2, 0.25) is 0 Å². The Balaban J connectivity index is 0.00000304. The summed E-state index contributed by atoms with van der Waals surface area (Å²) in [4.78, 5) is 23.8. The number of carboxylic acid groups (broad SMARTS) is 1. The van der Waals surface area contributed by atoms with Gasteiger partial charge in [-0.3, -0.25) is 4.79 Å². The number of aliphatic hydroxyl groups excluding tert-OH is 3. The third kappa shape index (κ3) is 4.55. The molecule has 1 radical (unpaired) electrons. The summed E-state index contributed by atoms with van der Waals surface area (Å²) >= 11 is 0. The Bertz CT molecular complexity index is 854. The maximum Gasteiger partial charge on any atom is 0.335 e. The largest absolute Gasteiger partial charge is 0.479 e. The van der Waals surface area contributed by atoms with Crippen LogP contribution in [0.15, 0.2) is 0 Å². The average molecular weight is 518 g/mol. The molecule has 0 spiro atoms. The number of Topliss-reactive ketones (excluding diaryl/α,β-unsaturated/α-hetero) is 1. The van der Waals surface area contributed by atoms with Gasteiger partial charge in [-0.1, -0.05) is 13.8 Å². The van der Waals surface area contributed by atoms with Gasteiger partial charge in [-0.25, -0.2) is 4.79 Å². The fraction of sp³-hybridized carbons (Fsp3) is 0.926. The summed E-state index contributed by atoms with van der Waals surface area (Å²) in [6.45, 7) is 6.59. The molecule has 199 valence electrons. The van der Waals surface area contributed by atoms with Gasteiger partial charge in [0.05, 0.1) is 6.10 Å². The fourth-order valence-corrected chi connectivity index (χ4v) is 9.36. The minimum absolute atomic E-state index is 0. The maximum atomic E-state index is 12.4. The van der Waals surface area contributed by atoms with Gasteiger partial charge < -0.3 is 29.9 Å². The second kappa shape index (κ2) is 10.5. The first-order valence-corrected chi connectivity index (χ1v) is 13.6. The number of carboxylic acids is 1. The molecule has 13 atom stereocenters. The van der Waals surface area contributed by atoms with Crippen molar-refractivity contribution in [2.75, 3.05) is 0 Å². The molecule has 9 heteroatoms. The Hall–Kier alpha value is -0.0600. The molecule has 5 aliphatic rings. The molecular formula is C27H42NaO8. The Morgan fingerprint density at radius 1 is 0.861 bits per heavy atom. The van der Waals surface area contributed by atoms with Gasteiger partial charge in [0.2, 0.25) is 0 Å². The normalized spacial score (nSPS) is 52.3. The summed E-state index contributed by atoms with van der Waals surface area (Å²) in [5.74, 6) is 1.62. The molecule has 0 bridgehead atoms. The van der Waals surface area contributed by atoms with Crippen molar-refractivity contribution in [2.45, 2.75) is 115 Å². The van der Waals surface area contributed by atoms with Crippen LogP contribution < -0.4 is 0 Å². The molecule has 1 saturated heterocycles. The van der Waals surface area contributed by atoms with Gasteiger partial charge >= 0.3 is 5.97 Å². The predicted molar refractivity (Wildman–Crippen MR) is 131 cm³/mol. The molecule has 0 amide bonds. The number of hydrogen-bond donors (Lipinski definition) is 4.